The van der Waals surface area contributed by atoms with Crippen LogP contribution in [0.25, 0.3) is 11.3 Å². The van der Waals surface area contributed by atoms with E-state index in [2.05, 4.69) is 74.1 Å². The van der Waals surface area contributed by atoms with Crippen molar-refractivity contribution in [3.8, 4) is 11.3 Å². The molecule has 17 N–H and O–H groups in total. The summed E-state index contributed by atoms with van der Waals surface area (Å²) >= 11 is 6.19. The van der Waals surface area contributed by atoms with Gasteiger partial charge >= 0.3 is 0 Å². The lowest BCUT2D eigenvalue weighted by atomic mass is 9.88. The zero-order valence-corrected chi connectivity index (χ0v) is 60.4. The predicted molar refractivity (Wildman–Crippen MR) is 377 cm³/mol. The minimum Gasteiger partial charge on any atom is -0.394 e. The number of aliphatic hydroxyl groups excluding tert-OH is 2. The maximum absolute atomic E-state index is 14.9. The molecular formula is C66H99ClN14O19S2. The number of carbonyl (C=O) groups is 11. The molecule has 1 saturated heterocycles. The molecule has 33 nitrogen and oxygen atoms in total. The molecule has 1 fully saturated rings. The van der Waals surface area contributed by atoms with Crippen LogP contribution < -0.4 is 69.1 Å². The Kier molecular flexibility index (Phi) is 37.3. The van der Waals surface area contributed by atoms with Crippen molar-refractivity contribution in [3.63, 3.8) is 0 Å². The summed E-state index contributed by atoms with van der Waals surface area (Å²) in [7, 11) is -6.09. The molecule has 36 heteroatoms. The molecule has 1 aromatic heterocycles. The van der Waals surface area contributed by atoms with Gasteiger partial charge in [0.1, 0.15) is 48.0 Å². The van der Waals surface area contributed by atoms with Crippen molar-refractivity contribution >= 4 is 96.4 Å². The number of halogens is 1. The molecule has 1 aliphatic rings. The second-order valence-corrected chi connectivity index (χ2v) is 28.6. The molecule has 0 radical (unpaired) electrons. The first kappa shape index (κ1) is 86.6. The second-order valence-electron chi connectivity index (χ2n) is 25.3. The number of benzene rings is 2. The standard InChI is InChI=1S/C66H99ClN14O19S2/c1-7-70-24-19-49-62(90)78-50(20-25-72-38-102(98,99)100)65(93)81-58(40(4)83)66(94)74-27-21-51(63(91)77-48(18-22-68-5)64(92)79-53(29-41-12-9-8-10-13-41)56(85)33-45(28-39(2)3)60(88)75-49)76-61(89)46(35-69-6)34-57(86)54(36-82)80-59(87)44(16-23-71-37-101(95,96)97)32-55(84)43-17-26-73-52(31-43)42-14-11-15-47(67)30-42/h8-15,17,26,30-31,39-40,44-46,48-51,53-54,58,68-72,82-83H,7,16,18-25,27-29,32-38H2,1-6H3,(H,74,94)(H,75,88)(H,76,89)(H,77,91)(H,78,90)(H,79,92)(H,80,87)(H,81,93)(H,95,96,97)(H,98,99,100)/t40-,44-,45-,46-,48+,49+,50+,51+,53-,54+,58+/m1/s1. The number of Topliss-reactive ketones (excluding diaryl/α,β-unsaturated/α-hetero) is 3. The molecule has 566 valence electrons. The van der Waals surface area contributed by atoms with Gasteiger partial charge < -0.3 is 79.3 Å². The van der Waals surface area contributed by atoms with E-state index in [0.717, 1.165) is 6.92 Å². The molecule has 3 aromatic rings. The lowest BCUT2D eigenvalue weighted by molar-refractivity contribution is -0.136. The smallest absolute Gasteiger partial charge is 0.278 e. The number of hydrogen-bond donors (Lipinski definition) is 17. The van der Waals surface area contributed by atoms with Crippen molar-refractivity contribution < 1.29 is 88.9 Å². The summed E-state index contributed by atoms with van der Waals surface area (Å²) in [6, 6.07) is 7.03. The summed E-state index contributed by atoms with van der Waals surface area (Å²) in [5.41, 5.74) is 1.66. The van der Waals surface area contributed by atoms with E-state index in [-0.39, 0.29) is 76.3 Å². The molecule has 102 heavy (non-hydrogen) atoms. The first-order chi connectivity index (χ1) is 48.3. The van der Waals surface area contributed by atoms with Gasteiger partial charge in [-0.15, -0.1) is 0 Å². The van der Waals surface area contributed by atoms with Crippen LogP contribution in [0.2, 0.25) is 5.02 Å². The zero-order valence-electron chi connectivity index (χ0n) is 58.1. The molecule has 0 spiro atoms. The molecule has 0 bridgehead atoms. The highest BCUT2D eigenvalue weighted by molar-refractivity contribution is 7.85. The second kappa shape index (κ2) is 44.0. The van der Waals surface area contributed by atoms with Gasteiger partial charge in [-0.1, -0.05) is 74.8 Å². The van der Waals surface area contributed by atoms with Gasteiger partial charge in [0.2, 0.25) is 47.3 Å². The predicted octanol–water partition coefficient (Wildman–Crippen LogP) is -2.20. The monoisotopic (exact) mass is 1490 g/mol. The fourth-order valence-electron chi connectivity index (χ4n) is 11.0. The Balaban J connectivity index is 1.76. The van der Waals surface area contributed by atoms with Crippen molar-refractivity contribution in [2.24, 2.45) is 23.7 Å². The van der Waals surface area contributed by atoms with Crippen LogP contribution in [0, 0.1) is 23.7 Å². The van der Waals surface area contributed by atoms with Crippen molar-refractivity contribution in [2.75, 3.05) is 78.3 Å². The van der Waals surface area contributed by atoms with Crippen LogP contribution >= 0.6 is 11.6 Å². The molecule has 2 heterocycles. The van der Waals surface area contributed by atoms with Gasteiger partial charge in [-0.2, -0.15) is 16.8 Å². The Labute approximate surface area is 599 Å². The number of carbonyl (C=O) groups excluding carboxylic acids is 11. The van der Waals surface area contributed by atoms with Crippen LogP contribution in [0.1, 0.15) is 101 Å². The van der Waals surface area contributed by atoms with Gasteiger partial charge in [0.15, 0.2) is 17.3 Å². The van der Waals surface area contributed by atoms with Crippen molar-refractivity contribution in [3.05, 3.63) is 89.1 Å². The van der Waals surface area contributed by atoms with E-state index in [4.69, 9.17) is 11.6 Å². The van der Waals surface area contributed by atoms with E-state index >= 15 is 0 Å². The maximum Gasteiger partial charge on any atom is 0.278 e. The fourth-order valence-corrected chi connectivity index (χ4v) is 12.0. The summed E-state index contributed by atoms with van der Waals surface area (Å²) in [6.07, 6.45) is -3.38. The van der Waals surface area contributed by atoms with E-state index in [0.29, 0.717) is 28.4 Å². The number of nitrogens with one attached hydrogen (secondary N) is 13. The number of aromatic nitrogens is 1. The van der Waals surface area contributed by atoms with Crippen LogP contribution in [0.3, 0.4) is 0 Å². The third-order valence-corrected chi connectivity index (χ3v) is 17.8. The lowest BCUT2D eigenvalue weighted by Gasteiger charge is -2.28. The number of rotatable bonds is 36. The molecule has 8 amide bonds. The number of hydrogen-bond acceptors (Lipinski definition) is 23. The van der Waals surface area contributed by atoms with Crippen LogP contribution in [0.4, 0.5) is 0 Å². The minimum atomic E-state index is -4.58. The third kappa shape index (κ3) is 31.4. The molecule has 11 atom stereocenters. The molecule has 1 aliphatic heterocycles. The average Bonchev–Trinajstić information content (AvgIpc) is 0.895. The SMILES string of the molecule is CCNCC[C@@H]1NC(=O)[C@H](CC(C)C)CC(=O)[C@@H](Cc2ccccc2)NC(=O)[C@H](CCNC)NC(=O)[C@@H](NC(=O)[C@@H](CNC)CC(=O)[C@H](CO)NC(=O)[C@H](CCNCS(=O)(=O)O)CC(=O)c2ccnc(-c3cccc(Cl)c3)c2)CCNC(=O)[C@H]([C@@H](C)O)NC(=O)[C@H](CCNCS(=O)(=O)O)NC1=O. The molecule has 0 saturated carbocycles. The van der Waals surface area contributed by atoms with Crippen molar-refractivity contribution in [2.45, 2.75) is 140 Å². The van der Waals surface area contributed by atoms with Crippen LogP contribution in [-0.2, 0) is 74.6 Å². The minimum absolute atomic E-state index is 0.0593. The Morgan fingerprint density at radius 3 is 1.85 bits per heavy atom. The van der Waals surface area contributed by atoms with Gasteiger partial charge in [0, 0.05) is 66.5 Å². The highest BCUT2D eigenvalue weighted by atomic mass is 35.5. The Bertz CT molecular complexity index is 3540. The normalized spacial score (nSPS) is 20.8. The highest BCUT2D eigenvalue weighted by Gasteiger charge is 2.38. The number of ketones is 3. The van der Waals surface area contributed by atoms with Gasteiger partial charge in [0.25, 0.3) is 20.2 Å². The Morgan fingerprint density at radius 2 is 1.26 bits per heavy atom. The Morgan fingerprint density at radius 1 is 0.667 bits per heavy atom. The number of nitrogens with zero attached hydrogens (tertiary/aromatic N) is 1. The molecule has 0 aliphatic carbocycles. The Hall–Kier alpha value is -7.81. The van der Waals surface area contributed by atoms with Crippen LogP contribution in [0.5, 0.6) is 0 Å². The van der Waals surface area contributed by atoms with E-state index in [1.165, 1.54) is 25.4 Å². The molecule has 2 aromatic carbocycles. The third-order valence-electron chi connectivity index (χ3n) is 16.4. The molecule has 0 unspecified atom stereocenters. The van der Waals surface area contributed by atoms with E-state index in [9.17, 15) is 88.9 Å². The van der Waals surface area contributed by atoms with Gasteiger partial charge in [-0.3, -0.25) is 66.8 Å². The average molecular weight is 1490 g/mol. The van der Waals surface area contributed by atoms with E-state index < -0.39 is 208 Å². The van der Waals surface area contributed by atoms with Crippen molar-refractivity contribution in [1.29, 1.82) is 0 Å². The maximum atomic E-state index is 14.9. The van der Waals surface area contributed by atoms with E-state index in [1.807, 2.05) is 0 Å². The number of amides is 8. The lowest BCUT2D eigenvalue weighted by Crippen LogP contribution is -2.60. The quantitative estimate of drug-likeness (QED) is 0.0167. The van der Waals surface area contributed by atoms with Gasteiger partial charge in [-0.05, 0) is 134 Å². The number of pyridine rings is 1. The molecular weight excluding hydrogens is 1390 g/mol. The van der Waals surface area contributed by atoms with Crippen LogP contribution in [-0.4, -0.2) is 232 Å². The summed E-state index contributed by atoms with van der Waals surface area (Å²) < 4.78 is 65.0. The van der Waals surface area contributed by atoms with Gasteiger partial charge in [0.05, 0.1) is 30.4 Å². The summed E-state index contributed by atoms with van der Waals surface area (Å²) in [4.78, 5) is 163. The van der Waals surface area contributed by atoms with E-state index in [1.54, 1.807) is 82.4 Å². The summed E-state index contributed by atoms with van der Waals surface area (Å²) in [5.74, 6) is -15.7. The first-order valence-corrected chi connectivity index (χ1v) is 37.2. The van der Waals surface area contributed by atoms with Crippen molar-refractivity contribution in [1.82, 2.24) is 74.1 Å². The summed E-state index contributed by atoms with van der Waals surface area (Å²) in [6.45, 7) is 4.81. The van der Waals surface area contributed by atoms with Crippen LogP contribution in [0.15, 0.2) is 72.9 Å². The zero-order chi connectivity index (χ0) is 75.7. The summed E-state index contributed by atoms with van der Waals surface area (Å²) in [5, 5.41) is 56.4. The first-order valence-electron chi connectivity index (χ1n) is 33.6. The topological polar surface area (TPSA) is 506 Å². The van der Waals surface area contributed by atoms with Gasteiger partial charge in [-0.25, -0.2) is 0 Å². The highest BCUT2D eigenvalue weighted by Crippen LogP contribution is 2.24. The largest absolute Gasteiger partial charge is 0.394 e. The number of aliphatic hydroxyl groups is 2. The molecule has 4 rings (SSSR count). The fraction of sp³-hybridized carbons (Fsp3) is 0.576.